The molecule has 1 heterocycles. The normalized spacial score (nSPS) is 9.86. The molecule has 118 valence electrons. The number of nitrogens with two attached hydrogens (primary N) is 1. The van der Waals surface area contributed by atoms with Gasteiger partial charge in [0.25, 0.3) is 11.5 Å². The summed E-state index contributed by atoms with van der Waals surface area (Å²) in [5.41, 5.74) is 6.73. The number of aromatic amines is 1. The highest BCUT2D eigenvalue weighted by molar-refractivity contribution is 5.94. The predicted octanol–water partition coefficient (Wildman–Crippen LogP) is 1.93. The van der Waals surface area contributed by atoms with Gasteiger partial charge < -0.3 is 16.0 Å². The zero-order chi connectivity index (χ0) is 15.1. The minimum absolute atomic E-state index is 0. The summed E-state index contributed by atoms with van der Waals surface area (Å²) in [6.07, 6.45) is 1.66. The van der Waals surface area contributed by atoms with Crippen molar-refractivity contribution in [2.75, 3.05) is 13.1 Å². The maximum Gasteiger partial charge on any atom is 0.261 e. The summed E-state index contributed by atoms with van der Waals surface area (Å²) in [4.78, 5) is 26.7. The van der Waals surface area contributed by atoms with Crippen molar-refractivity contribution in [2.45, 2.75) is 12.8 Å². The number of hydrogen-bond acceptors (Lipinski definition) is 3. The molecule has 6 heteroatoms. The Morgan fingerprint density at radius 3 is 2.45 bits per heavy atom. The number of benzene rings is 1. The summed E-state index contributed by atoms with van der Waals surface area (Å²) in [6, 6.07) is 12.8. The second-order valence-corrected chi connectivity index (χ2v) is 4.73. The van der Waals surface area contributed by atoms with E-state index in [1.165, 1.54) is 0 Å². The third kappa shape index (κ3) is 4.72. The van der Waals surface area contributed by atoms with Gasteiger partial charge in [-0.25, -0.2) is 0 Å². The fourth-order valence-electron chi connectivity index (χ4n) is 2.01. The molecule has 2 aromatic rings. The molecular weight excluding hydrogens is 302 g/mol. The van der Waals surface area contributed by atoms with E-state index in [2.05, 4.69) is 10.3 Å². The van der Waals surface area contributed by atoms with E-state index >= 15 is 0 Å². The number of nitrogens with one attached hydrogen (secondary N) is 2. The maximum atomic E-state index is 12.0. The lowest BCUT2D eigenvalue weighted by atomic mass is 10.1. The molecule has 0 aliphatic carbocycles. The van der Waals surface area contributed by atoms with Gasteiger partial charge in [-0.15, -0.1) is 12.4 Å². The number of pyridine rings is 1. The molecule has 1 amide bonds. The summed E-state index contributed by atoms with van der Waals surface area (Å²) in [5.74, 6) is -0.354. The van der Waals surface area contributed by atoms with Crippen molar-refractivity contribution >= 4 is 18.3 Å². The Morgan fingerprint density at radius 1 is 1.09 bits per heavy atom. The highest BCUT2D eigenvalue weighted by atomic mass is 35.5. The Kier molecular flexibility index (Phi) is 7.36. The zero-order valence-electron chi connectivity index (χ0n) is 12.2. The summed E-state index contributed by atoms with van der Waals surface area (Å²) in [6.45, 7) is 1.12. The largest absolute Gasteiger partial charge is 0.352 e. The smallest absolute Gasteiger partial charge is 0.261 e. The van der Waals surface area contributed by atoms with E-state index in [4.69, 9.17) is 5.73 Å². The maximum absolute atomic E-state index is 12.0. The van der Waals surface area contributed by atoms with Crippen molar-refractivity contribution in [3.05, 3.63) is 58.4 Å². The molecule has 4 N–H and O–H groups in total. The van der Waals surface area contributed by atoms with E-state index in [0.29, 0.717) is 18.8 Å². The number of aromatic nitrogens is 1. The molecule has 0 fully saturated rings. The van der Waals surface area contributed by atoms with Gasteiger partial charge >= 0.3 is 0 Å². The third-order valence-corrected chi connectivity index (χ3v) is 3.16. The van der Waals surface area contributed by atoms with Crippen LogP contribution >= 0.6 is 12.4 Å². The fourth-order valence-corrected chi connectivity index (χ4v) is 2.01. The molecule has 0 atom stereocenters. The number of hydrogen-bond donors (Lipinski definition) is 3. The number of rotatable bonds is 6. The Bertz CT molecular complexity index is 656. The van der Waals surface area contributed by atoms with Crippen molar-refractivity contribution in [2.24, 2.45) is 5.73 Å². The fraction of sp³-hybridized carbons (Fsp3) is 0.250. The van der Waals surface area contributed by atoms with Crippen molar-refractivity contribution in [1.29, 1.82) is 0 Å². The number of carbonyl (C=O) groups is 1. The Labute approximate surface area is 135 Å². The second kappa shape index (κ2) is 9.02. The molecule has 0 unspecified atom stereocenters. The SMILES string of the molecule is Cl.NCCCCNC(=O)c1ccc(-c2ccccc2)[nH]c1=O. The molecule has 0 aliphatic heterocycles. The number of amides is 1. The molecule has 1 aromatic carbocycles. The first-order valence-electron chi connectivity index (χ1n) is 6.99. The molecule has 5 nitrogen and oxygen atoms in total. The lowest BCUT2D eigenvalue weighted by Crippen LogP contribution is -2.30. The molecule has 0 bridgehead atoms. The standard InChI is InChI=1S/C16H19N3O2.ClH/c17-10-4-5-11-18-15(20)13-8-9-14(19-16(13)21)12-6-2-1-3-7-12;/h1-3,6-9H,4-5,10-11,17H2,(H,18,20)(H,19,21);1H. The molecule has 0 spiro atoms. The van der Waals surface area contributed by atoms with Crippen molar-refractivity contribution in [1.82, 2.24) is 10.3 Å². The van der Waals surface area contributed by atoms with Crippen molar-refractivity contribution in [3.8, 4) is 11.3 Å². The van der Waals surface area contributed by atoms with Gasteiger partial charge in [-0.1, -0.05) is 30.3 Å². The average molecular weight is 322 g/mol. The number of unbranched alkanes of at least 4 members (excludes halogenated alkanes) is 1. The van der Waals surface area contributed by atoms with Gasteiger partial charge in [0.1, 0.15) is 5.56 Å². The first-order chi connectivity index (χ1) is 10.2. The van der Waals surface area contributed by atoms with Crippen molar-refractivity contribution < 1.29 is 4.79 Å². The lowest BCUT2D eigenvalue weighted by molar-refractivity contribution is 0.0951. The van der Waals surface area contributed by atoms with Crippen LogP contribution in [0.25, 0.3) is 11.3 Å². The summed E-state index contributed by atoms with van der Waals surface area (Å²) in [7, 11) is 0. The van der Waals surface area contributed by atoms with Gasteiger partial charge in [-0.05, 0) is 37.1 Å². The first-order valence-corrected chi connectivity index (χ1v) is 6.99. The molecule has 0 radical (unpaired) electrons. The monoisotopic (exact) mass is 321 g/mol. The quantitative estimate of drug-likeness (QED) is 0.710. The van der Waals surface area contributed by atoms with Crippen LogP contribution in [0.15, 0.2) is 47.3 Å². The van der Waals surface area contributed by atoms with Crippen LogP contribution in [0.1, 0.15) is 23.2 Å². The Hall–Kier alpha value is -2.11. The average Bonchev–Trinajstić information content (AvgIpc) is 2.52. The van der Waals surface area contributed by atoms with Crippen LogP contribution in [0.5, 0.6) is 0 Å². The van der Waals surface area contributed by atoms with E-state index in [1.54, 1.807) is 12.1 Å². The van der Waals surface area contributed by atoms with Gasteiger partial charge in [0.05, 0.1) is 0 Å². The zero-order valence-corrected chi connectivity index (χ0v) is 13.0. The van der Waals surface area contributed by atoms with Gasteiger partial charge in [0, 0.05) is 12.2 Å². The van der Waals surface area contributed by atoms with Crippen LogP contribution in [-0.2, 0) is 0 Å². The molecule has 0 saturated heterocycles. The Balaban J connectivity index is 0.00000242. The molecule has 0 aliphatic rings. The molecular formula is C16H20ClN3O2. The summed E-state index contributed by atoms with van der Waals surface area (Å²) >= 11 is 0. The van der Waals surface area contributed by atoms with Crippen LogP contribution in [0.4, 0.5) is 0 Å². The van der Waals surface area contributed by atoms with Crippen LogP contribution in [0.2, 0.25) is 0 Å². The highest BCUT2D eigenvalue weighted by Crippen LogP contribution is 2.14. The van der Waals surface area contributed by atoms with Gasteiger partial charge in [0.2, 0.25) is 0 Å². The van der Waals surface area contributed by atoms with E-state index in [9.17, 15) is 9.59 Å². The number of carbonyl (C=O) groups excluding carboxylic acids is 1. The third-order valence-electron chi connectivity index (χ3n) is 3.16. The van der Waals surface area contributed by atoms with Crippen molar-refractivity contribution in [3.63, 3.8) is 0 Å². The predicted molar refractivity (Wildman–Crippen MR) is 90.4 cm³/mol. The van der Waals surface area contributed by atoms with Gasteiger partial charge in [-0.3, -0.25) is 9.59 Å². The number of halogens is 1. The van der Waals surface area contributed by atoms with Gasteiger partial charge in [-0.2, -0.15) is 0 Å². The molecule has 0 saturated carbocycles. The Morgan fingerprint density at radius 2 is 1.82 bits per heavy atom. The molecule has 22 heavy (non-hydrogen) atoms. The van der Waals surface area contributed by atoms with E-state index in [1.807, 2.05) is 30.3 Å². The van der Waals surface area contributed by atoms with Crippen LogP contribution in [0.3, 0.4) is 0 Å². The lowest BCUT2D eigenvalue weighted by Gasteiger charge is -2.06. The summed E-state index contributed by atoms with van der Waals surface area (Å²) < 4.78 is 0. The molecule has 2 rings (SSSR count). The minimum Gasteiger partial charge on any atom is -0.352 e. The first kappa shape index (κ1) is 17.9. The van der Waals surface area contributed by atoms with Crippen LogP contribution < -0.4 is 16.6 Å². The van der Waals surface area contributed by atoms with E-state index in [0.717, 1.165) is 18.4 Å². The summed E-state index contributed by atoms with van der Waals surface area (Å²) in [5, 5.41) is 2.72. The number of H-pyrrole nitrogens is 1. The minimum atomic E-state index is -0.382. The van der Waals surface area contributed by atoms with Crippen LogP contribution in [-0.4, -0.2) is 24.0 Å². The second-order valence-electron chi connectivity index (χ2n) is 4.73. The molecule has 1 aromatic heterocycles. The topological polar surface area (TPSA) is 88.0 Å². The van der Waals surface area contributed by atoms with Crippen LogP contribution in [0, 0.1) is 0 Å². The van der Waals surface area contributed by atoms with Gasteiger partial charge in [0.15, 0.2) is 0 Å². The van der Waals surface area contributed by atoms with E-state index < -0.39 is 0 Å². The highest BCUT2D eigenvalue weighted by Gasteiger charge is 2.10. The van der Waals surface area contributed by atoms with E-state index in [-0.39, 0.29) is 29.4 Å².